The SMILES string of the molecule is [C-]#[N+]CC1(n2cc(C(C)C)cn2)CN(S(=O)(=O)CC)C1. The number of hydrogen-bond donors (Lipinski definition) is 0. The summed E-state index contributed by atoms with van der Waals surface area (Å²) >= 11 is 0. The average molecular weight is 296 g/mol. The Balaban J connectivity index is 2.24. The Bertz CT molecular complexity index is 621. The Labute approximate surface area is 120 Å². The standard InChI is InChI=1S/C13H20N4O2S/c1-5-20(18,19)16-9-13(10-16,8-14-4)17-7-12(6-15-17)11(2)3/h6-7,11H,5,8-10H2,1-3H3. The van der Waals surface area contributed by atoms with E-state index >= 15 is 0 Å². The van der Waals surface area contributed by atoms with E-state index in [1.54, 1.807) is 17.8 Å². The molecule has 110 valence electrons. The second-order valence-electron chi connectivity index (χ2n) is 5.58. The molecule has 1 aromatic heterocycles. The van der Waals surface area contributed by atoms with E-state index in [0.29, 0.717) is 19.0 Å². The van der Waals surface area contributed by atoms with Crippen LogP contribution in [-0.4, -0.2) is 47.9 Å². The van der Waals surface area contributed by atoms with E-state index in [0.717, 1.165) is 5.56 Å². The van der Waals surface area contributed by atoms with Crippen LogP contribution in [0.25, 0.3) is 4.85 Å². The monoisotopic (exact) mass is 296 g/mol. The Hall–Kier alpha value is -1.39. The van der Waals surface area contributed by atoms with E-state index in [2.05, 4.69) is 23.8 Å². The normalized spacial score (nSPS) is 18.8. The summed E-state index contributed by atoms with van der Waals surface area (Å²) in [5.74, 6) is 0.460. The molecular weight excluding hydrogens is 276 g/mol. The number of sulfonamides is 1. The first-order valence-corrected chi connectivity index (χ1v) is 8.31. The van der Waals surface area contributed by atoms with Crippen LogP contribution in [0.3, 0.4) is 0 Å². The van der Waals surface area contributed by atoms with Crippen LogP contribution in [0.2, 0.25) is 0 Å². The summed E-state index contributed by atoms with van der Waals surface area (Å²) in [7, 11) is -3.18. The predicted octanol–water partition coefficient (Wildman–Crippen LogP) is 1.29. The highest BCUT2D eigenvalue weighted by molar-refractivity contribution is 7.89. The molecule has 0 bridgehead atoms. The minimum absolute atomic E-state index is 0.0947. The second-order valence-corrected chi connectivity index (χ2v) is 7.84. The Morgan fingerprint density at radius 1 is 1.50 bits per heavy atom. The van der Waals surface area contributed by atoms with Crippen molar-refractivity contribution in [3.8, 4) is 0 Å². The number of nitrogens with zero attached hydrogens (tertiary/aromatic N) is 4. The van der Waals surface area contributed by atoms with Crippen molar-refractivity contribution in [2.24, 2.45) is 0 Å². The van der Waals surface area contributed by atoms with E-state index in [1.165, 1.54) is 4.31 Å². The van der Waals surface area contributed by atoms with Gasteiger partial charge < -0.3 is 4.85 Å². The van der Waals surface area contributed by atoms with Gasteiger partial charge in [-0.15, -0.1) is 0 Å². The van der Waals surface area contributed by atoms with Crippen LogP contribution in [0.5, 0.6) is 0 Å². The van der Waals surface area contributed by atoms with E-state index in [9.17, 15) is 8.42 Å². The van der Waals surface area contributed by atoms with Crippen molar-refractivity contribution in [3.63, 3.8) is 0 Å². The smallest absolute Gasteiger partial charge is 0.242 e. The lowest BCUT2D eigenvalue weighted by atomic mass is 9.92. The summed E-state index contributed by atoms with van der Waals surface area (Å²) in [6.45, 7) is 13.8. The quantitative estimate of drug-likeness (QED) is 0.769. The molecule has 0 saturated carbocycles. The van der Waals surface area contributed by atoms with E-state index in [4.69, 9.17) is 6.57 Å². The van der Waals surface area contributed by atoms with E-state index < -0.39 is 15.6 Å². The number of hydrogen-bond acceptors (Lipinski definition) is 3. The zero-order valence-electron chi connectivity index (χ0n) is 12.1. The maximum absolute atomic E-state index is 11.8. The Kier molecular flexibility index (Phi) is 3.89. The molecular formula is C13H20N4O2S. The summed E-state index contributed by atoms with van der Waals surface area (Å²) in [6, 6.07) is 0. The molecule has 0 aliphatic carbocycles. The fraction of sp³-hybridized carbons (Fsp3) is 0.692. The molecule has 7 heteroatoms. The van der Waals surface area contributed by atoms with Gasteiger partial charge in [0.15, 0.2) is 5.54 Å². The molecule has 0 aromatic carbocycles. The molecule has 6 nitrogen and oxygen atoms in total. The maximum atomic E-state index is 11.8. The molecule has 1 aliphatic heterocycles. The van der Waals surface area contributed by atoms with Crippen molar-refractivity contribution in [2.45, 2.75) is 32.2 Å². The third kappa shape index (κ3) is 2.45. The van der Waals surface area contributed by atoms with Gasteiger partial charge >= 0.3 is 0 Å². The third-order valence-corrected chi connectivity index (χ3v) is 5.60. The third-order valence-electron chi connectivity index (χ3n) is 3.83. The highest BCUT2D eigenvalue weighted by atomic mass is 32.2. The first-order chi connectivity index (χ1) is 9.34. The fourth-order valence-electron chi connectivity index (χ4n) is 2.35. The maximum Gasteiger partial charge on any atom is 0.242 e. The van der Waals surface area contributed by atoms with Crippen molar-refractivity contribution >= 4 is 10.0 Å². The van der Waals surface area contributed by atoms with Crippen LogP contribution in [0.1, 0.15) is 32.3 Å². The van der Waals surface area contributed by atoms with Crippen LogP contribution in [-0.2, 0) is 15.6 Å². The van der Waals surface area contributed by atoms with Gasteiger partial charge in [-0.2, -0.15) is 9.40 Å². The van der Waals surface area contributed by atoms with Crippen molar-refractivity contribution in [2.75, 3.05) is 25.4 Å². The summed E-state index contributed by atoms with van der Waals surface area (Å²) in [4.78, 5) is 3.47. The second kappa shape index (κ2) is 5.19. The van der Waals surface area contributed by atoms with Crippen LogP contribution in [0.15, 0.2) is 12.4 Å². The Morgan fingerprint density at radius 2 is 2.15 bits per heavy atom. The number of rotatable bonds is 5. The molecule has 0 amide bonds. The molecule has 1 fully saturated rings. The summed E-state index contributed by atoms with van der Waals surface area (Å²) in [5, 5.41) is 4.34. The molecule has 0 spiro atoms. The molecule has 0 radical (unpaired) electrons. The lowest BCUT2D eigenvalue weighted by molar-refractivity contribution is 0.0833. The van der Waals surface area contributed by atoms with Crippen molar-refractivity contribution < 1.29 is 8.42 Å². The van der Waals surface area contributed by atoms with Gasteiger partial charge in [-0.1, -0.05) is 13.8 Å². The predicted molar refractivity (Wildman–Crippen MR) is 76.8 cm³/mol. The van der Waals surface area contributed by atoms with Gasteiger partial charge in [0, 0.05) is 19.3 Å². The molecule has 2 rings (SSSR count). The van der Waals surface area contributed by atoms with Gasteiger partial charge in [-0.25, -0.2) is 15.0 Å². The molecule has 1 aromatic rings. The van der Waals surface area contributed by atoms with E-state index in [-0.39, 0.29) is 12.3 Å². The van der Waals surface area contributed by atoms with Crippen LogP contribution >= 0.6 is 0 Å². The van der Waals surface area contributed by atoms with E-state index in [1.807, 2.05) is 6.20 Å². The molecule has 1 aliphatic rings. The molecule has 0 N–H and O–H groups in total. The first kappa shape index (κ1) is 15.0. The summed E-state index contributed by atoms with van der Waals surface area (Å²) in [6.07, 6.45) is 3.74. The molecule has 0 unspecified atom stereocenters. The zero-order chi connectivity index (χ0) is 15.0. The van der Waals surface area contributed by atoms with Gasteiger partial charge in [-0.05, 0) is 18.4 Å². The molecule has 0 atom stereocenters. The molecule has 20 heavy (non-hydrogen) atoms. The molecule has 2 heterocycles. The summed E-state index contributed by atoms with van der Waals surface area (Å²) < 4.78 is 26.9. The highest BCUT2D eigenvalue weighted by Gasteiger charge is 2.52. The average Bonchev–Trinajstić information content (AvgIpc) is 2.83. The minimum atomic E-state index is -3.18. The van der Waals surface area contributed by atoms with Crippen LogP contribution < -0.4 is 0 Å². The fourth-order valence-corrected chi connectivity index (χ4v) is 3.59. The first-order valence-electron chi connectivity index (χ1n) is 6.71. The van der Waals surface area contributed by atoms with Crippen molar-refractivity contribution in [1.82, 2.24) is 14.1 Å². The number of aromatic nitrogens is 2. The minimum Gasteiger partial charge on any atom is -0.314 e. The van der Waals surface area contributed by atoms with Crippen LogP contribution in [0.4, 0.5) is 0 Å². The van der Waals surface area contributed by atoms with Gasteiger partial charge in [0.1, 0.15) is 0 Å². The topological polar surface area (TPSA) is 59.6 Å². The van der Waals surface area contributed by atoms with Crippen molar-refractivity contribution in [3.05, 3.63) is 29.4 Å². The summed E-state index contributed by atoms with van der Waals surface area (Å²) in [5.41, 5.74) is 0.600. The van der Waals surface area contributed by atoms with Crippen LogP contribution in [0, 0.1) is 6.57 Å². The molecule has 1 saturated heterocycles. The van der Waals surface area contributed by atoms with Gasteiger partial charge in [0.25, 0.3) is 0 Å². The van der Waals surface area contributed by atoms with Gasteiger partial charge in [0.05, 0.1) is 11.9 Å². The highest BCUT2D eigenvalue weighted by Crippen LogP contribution is 2.32. The lowest BCUT2D eigenvalue weighted by Crippen LogP contribution is -2.65. The lowest BCUT2D eigenvalue weighted by Gasteiger charge is -2.45. The Morgan fingerprint density at radius 3 is 2.60 bits per heavy atom. The van der Waals surface area contributed by atoms with Gasteiger partial charge in [-0.3, -0.25) is 4.68 Å². The van der Waals surface area contributed by atoms with Crippen molar-refractivity contribution in [1.29, 1.82) is 0 Å². The zero-order valence-corrected chi connectivity index (χ0v) is 12.9. The van der Waals surface area contributed by atoms with Gasteiger partial charge in [0.2, 0.25) is 16.6 Å². The largest absolute Gasteiger partial charge is 0.314 e.